The molecule has 1 saturated carbocycles. The van der Waals surface area contributed by atoms with Crippen LogP contribution < -0.4 is 11.1 Å². The number of rotatable bonds is 3. The van der Waals surface area contributed by atoms with Crippen molar-refractivity contribution >= 4 is 22.5 Å². The Hall–Kier alpha value is -1.97. The summed E-state index contributed by atoms with van der Waals surface area (Å²) in [5.74, 6) is 0.451. The van der Waals surface area contributed by atoms with Crippen LogP contribution in [0.2, 0.25) is 0 Å². The second-order valence-electron chi connectivity index (χ2n) is 7.20. The van der Waals surface area contributed by atoms with E-state index >= 15 is 0 Å². The summed E-state index contributed by atoms with van der Waals surface area (Å²) in [5, 5.41) is 4.01. The predicted octanol–water partition coefficient (Wildman–Crippen LogP) is 3.16. The Kier molecular flexibility index (Phi) is 2.84. The van der Waals surface area contributed by atoms with Crippen LogP contribution in [0, 0.1) is 16.7 Å². The maximum absolute atomic E-state index is 12.3. The maximum atomic E-state index is 12.3. The van der Waals surface area contributed by atoms with Crippen LogP contribution in [0.1, 0.15) is 38.2 Å². The molecule has 0 radical (unpaired) electrons. The standard InChI is InChI=1S/C17H23N3O/c1-16(2)13(17(16,3)4)9-19-15(21)12-8-10-6-5-7-11(18)14(10)20-12/h5-8,13,20H,9,18H2,1-4H3,(H,19,21). The van der Waals surface area contributed by atoms with Gasteiger partial charge in [0.25, 0.3) is 5.91 Å². The topological polar surface area (TPSA) is 70.9 Å². The summed E-state index contributed by atoms with van der Waals surface area (Å²) in [5.41, 5.74) is 8.54. The fourth-order valence-corrected chi connectivity index (χ4v) is 3.44. The highest BCUT2D eigenvalue weighted by Gasteiger charge is 2.64. The van der Waals surface area contributed by atoms with Gasteiger partial charge in [0.05, 0.1) is 11.2 Å². The summed E-state index contributed by atoms with van der Waals surface area (Å²) in [7, 11) is 0. The van der Waals surface area contributed by atoms with E-state index in [0.29, 0.717) is 23.8 Å². The van der Waals surface area contributed by atoms with Gasteiger partial charge in [-0.2, -0.15) is 0 Å². The van der Waals surface area contributed by atoms with Crippen molar-refractivity contribution in [3.05, 3.63) is 30.0 Å². The Morgan fingerprint density at radius 1 is 1.29 bits per heavy atom. The highest BCUT2D eigenvalue weighted by atomic mass is 16.1. The fourth-order valence-electron chi connectivity index (χ4n) is 3.44. The number of anilines is 1. The monoisotopic (exact) mass is 285 g/mol. The molecule has 1 amide bonds. The zero-order valence-electron chi connectivity index (χ0n) is 13.1. The number of aromatic amines is 1. The number of amides is 1. The van der Waals surface area contributed by atoms with E-state index in [9.17, 15) is 4.79 Å². The van der Waals surface area contributed by atoms with E-state index < -0.39 is 0 Å². The molecule has 1 aliphatic rings. The van der Waals surface area contributed by atoms with Gasteiger partial charge in [-0.05, 0) is 28.9 Å². The fraction of sp³-hybridized carbons (Fsp3) is 0.471. The minimum Gasteiger partial charge on any atom is -0.397 e. The SMILES string of the molecule is CC1(C)C(CNC(=O)c2cc3cccc(N)c3[nH]2)C1(C)C. The summed E-state index contributed by atoms with van der Waals surface area (Å²) in [6, 6.07) is 7.52. The molecule has 1 aromatic heterocycles. The molecule has 1 heterocycles. The van der Waals surface area contributed by atoms with E-state index in [0.717, 1.165) is 10.9 Å². The van der Waals surface area contributed by atoms with Crippen molar-refractivity contribution in [2.24, 2.45) is 16.7 Å². The zero-order chi connectivity index (χ0) is 15.4. The van der Waals surface area contributed by atoms with Gasteiger partial charge >= 0.3 is 0 Å². The van der Waals surface area contributed by atoms with Crippen molar-refractivity contribution in [3.63, 3.8) is 0 Å². The molecular weight excluding hydrogens is 262 g/mol. The maximum Gasteiger partial charge on any atom is 0.267 e. The van der Waals surface area contributed by atoms with E-state index in [2.05, 4.69) is 38.0 Å². The summed E-state index contributed by atoms with van der Waals surface area (Å²) < 4.78 is 0. The molecule has 0 saturated heterocycles. The normalized spacial score (nSPS) is 19.6. The van der Waals surface area contributed by atoms with Crippen molar-refractivity contribution in [1.82, 2.24) is 10.3 Å². The van der Waals surface area contributed by atoms with E-state index in [1.54, 1.807) is 0 Å². The largest absolute Gasteiger partial charge is 0.397 e. The number of hydrogen-bond donors (Lipinski definition) is 3. The van der Waals surface area contributed by atoms with Crippen molar-refractivity contribution in [1.29, 1.82) is 0 Å². The van der Waals surface area contributed by atoms with Gasteiger partial charge in [-0.1, -0.05) is 39.8 Å². The van der Waals surface area contributed by atoms with Crippen molar-refractivity contribution in [2.75, 3.05) is 12.3 Å². The van der Waals surface area contributed by atoms with E-state index in [1.807, 2.05) is 24.3 Å². The van der Waals surface area contributed by atoms with E-state index in [4.69, 9.17) is 5.73 Å². The average Bonchev–Trinajstić information content (AvgIpc) is 2.76. The molecule has 21 heavy (non-hydrogen) atoms. The molecule has 112 valence electrons. The molecule has 0 bridgehead atoms. The van der Waals surface area contributed by atoms with Crippen molar-refractivity contribution in [3.8, 4) is 0 Å². The van der Waals surface area contributed by atoms with Gasteiger partial charge < -0.3 is 16.0 Å². The Labute approximate surface area is 125 Å². The molecule has 4 nitrogen and oxygen atoms in total. The minimum absolute atomic E-state index is 0.0656. The molecule has 4 N–H and O–H groups in total. The molecule has 3 rings (SSSR count). The van der Waals surface area contributed by atoms with Gasteiger partial charge in [0.1, 0.15) is 5.69 Å². The van der Waals surface area contributed by atoms with Gasteiger partial charge in [-0.3, -0.25) is 4.79 Å². The lowest BCUT2D eigenvalue weighted by Crippen LogP contribution is -2.27. The molecule has 0 unspecified atom stereocenters. The first-order chi connectivity index (χ1) is 9.75. The lowest BCUT2D eigenvalue weighted by atomic mass is 10.0. The number of carbonyl (C=O) groups is 1. The van der Waals surface area contributed by atoms with Crippen molar-refractivity contribution < 1.29 is 4.79 Å². The molecule has 0 spiro atoms. The van der Waals surface area contributed by atoms with Crippen LogP contribution in [0.4, 0.5) is 5.69 Å². The first kappa shape index (κ1) is 14.0. The molecule has 1 aliphatic carbocycles. The van der Waals surface area contributed by atoms with E-state index in [1.165, 1.54) is 0 Å². The lowest BCUT2D eigenvalue weighted by Gasteiger charge is -2.05. The summed E-state index contributed by atoms with van der Waals surface area (Å²) in [6.07, 6.45) is 0. The number of nitrogens with one attached hydrogen (secondary N) is 2. The third kappa shape index (κ3) is 2.01. The van der Waals surface area contributed by atoms with Crippen LogP contribution in [-0.4, -0.2) is 17.4 Å². The number of aromatic nitrogens is 1. The molecule has 1 fully saturated rings. The number of para-hydroxylation sites is 1. The number of hydrogen-bond acceptors (Lipinski definition) is 2. The summed E-state index contributed by atoms with van der Waals surface area (Å²) in [6.45, 7) is 9.74. The zero-order valence-corrected chi connectivity index (χ0v) is 13.1. The Bertz CT molecular complexity index is 698. The molecular formula is C17H23N3O. The van der Waals surface area contributed by atoms with Crippen molar-refractivity contribution in [2.45, 2.75) is 27.7 Å². The first-order valence-electron chi connectivity index (χ1n) is 7.40. The minimum atomic E-state index is -0.0656. The Balaban J connectivity index is 1.72. The number of fused-ring (bicyclic) bond motifs is 1. The highest BCUT2D eigenvalue weighted by Crippen LogP contribution is 2.67. The number of nitrogens with two attached hydrogens (primary N) is 1. The van der Waals surface area contributed by atoms with Gasteiger partial charge in [0.15, 0.2) is 0 Å². The number of benzene rings is 1. The molecule has 2 aromatic rings. The summed E-state index contributed by atoms with van der Waals surface area (Å²) in [4.78, 5) is 15.4. The number of carbonyl (C=O) groups excluding carboxylic acids is 1. The number of H-pyrrole nitrogens is 1. The third-order valence-electron chi connectivity index (χ3n) is 5.72. The first-order valence-corrected chi connectivity index (χ1v) is 7.40. The van der Waals surface area contributed by atoms with Crippen LogP contribution in [0.3, 0.4) is 0 Å². The third-order valence-corrected chi connectivity index (χ3v) is 5.72. The molecule has 1 aromatic carbocycles. The van der Waals surface area contributed by atoms with Gasteiger partial charge in [-0.25, -0.2) is 0 Å². The van der Waals surface area contributed by atoms with Gasteiger partial charge in [-0.15, -0.1) is 0 Å². The quantitative estimate of drug-likeness (QED) is 0.758. The van der Waals surface area contributed by atoms with Crippen LogP contribution in [0.15, 0.2) is 24.3 Å². The van der Waals surface area contributed by atoms with E-state index in [-0.39, 0.29) is 16.7 Å². The lowest BCUT2D eigenvalue weighted by molar-refractivity contribution is 0.0946. The van der Waals surface area contributed by atoms with Crippen LogP contribution in [-0.2, 0) is 0 Å². The van der Waals surface area contributed by atoms with Crippen LogP contribution >= 0.6 is 0 Å². The van der Waals surface area contributed by atoms with Gasteiger partial charge in [0.2, 0.25) is 0 Å². The predicted molar refractivity (Wildman–Crippen MR) is 86.1 cm³/mol. The summed E-state index contributed by atoms with van der Waals surface area (Å²) >= 11 is 0. The second kappa shape index (κ2) is 4.26. The molecule has 0 aliphatic heterocycles. The highest BCUT2D eigenvalue weighted by molar-refractivity contribution is 6.00. The van der Waals surface area contributed by atoms with Crippen LogP contribution in [0.5, 0.6) is 0 Å². The average molecular weight is 285 g/mol. The Morgan fingerprint density at radius 3 is 2.52 bits per heavy atom. The molecule has 4 heteroatoms. The smallest absolute Gasteiger partial charge is 0.267 e. The second-order valence-corrected chi connectivity index (χ2v) is 7.20. The molecule has 0 atom stereocenters. The Morgan fingerprint density at radius 2 is 1.95 bits per heavy atom. The van der Waals surface area contributed by atoms with Gasteiger partial charge in [0, 0.05) is 11.9 Å². The van der Waals surface area contributed by atoms with Crippen LogP contribution in [0.25, 0.3) is 10.9 Å². The number of nitrogen functional groups attached to an aromatic ring is 1.